The fourth-order valence-electron chi connectivity index (χ4n) is 2.81. The fraction of sp³-hybridized carbons (Fsp3) is 0.611. The van der Waals surface area contributed by atoms with Gasteiger partial charge in [-0.25, -0.2) is 13.6 Å². The number of hydrogen-bond acceptors (Lipinski definition) is 2. The SMILES string of the molecule is CC(C)(C)NC(=O)NC1CCC(OCc2c(F)cccc2F)CC1. The number of urea groups is 1. The van der Waals surface area contributed by atoms with Crippen molar-refractivity contribution in [1.29, 1.82) is 0 Å². The lowest BCUT2D eigenvalue weighted by atomic mass is 9.93. The summed E-state index contributed by atoms with van der Waals surface area (Å²) in [5.41, 5.74) is -0.295. The molecule has 6 heteroatoms. The van der Waals surface area contributed by atoms with Gasteiger partial charge in [-0.2, -0.15) is 0 Å². The van der Waals surface area contributed by atoms with Gasteiger partial charge in [0.25, 0.3) is 0 Å². The smallest absolute Gasteiger partial charge is 0.315 e. The molecule has 1 aromatic rings. The molecule has 24 heavy (non-hydrogen) atoms. The highest BCUT2D eigenvalue weighted by molar-refractivity contribution is 5.74. The van der Waals surface area contributed by atoms with Crippen LogP contribution in [-0.2, 0) is 11.3 Å². The van der Waals surface area contributed by atoms with Gasteiger partial charge in [0.2, 0.25) is 0 Å². The Morgan fingerprint density at radius 2 is 1.75 bits per heavy atom. The van der Waals surface area contributed by atoms with Crippen molar-refractivity contribution in [3.63, 3.8) is 0 Å². The molecule has 2 amide bonds. The number of benzene rings is 1. The summed E-state index contributed by atoms with van der Waals surface area (Å²) in [5.74, 6) is -1.16. The summed E-state index contributed by atoms with van der Waals surface area (Å²) >= 11 is 0. The second-order valence-corrected chi connectivity index (χ2v) is 7.33. The molecular formula is C18H26F2N2O2. The number of nitrogens with one attached hydrogen (secondary N) is 2. The van der Waals surface area contributed by atoms with Gasteiger partial charge in [0.15, 0.2) is 0 Å². The minimum absolute atomic E-state index is 0.0256. The second kappa shape index (κ2) is 7.92. The summed E-state index contributed by atoms with van der Waals surface area (Å²) in [7, 11) is 0. The predicted octanol–water partition coefficient (Wildman–Crippen LogP) is 3.89. The minimum Gasteiger partial charge on any atom is -0.373 e. The molecule has 0 heterocycles. The first-order valence-electron chi connectivity index (χ1n) is 8.38. The highest BCUT2D eigenvalue weighted by Gasteiger charge is 2.24. The van der Waals surface area contributed by atoms with Crippen molar-refractivity contribution < 1.29 is 18.3 Å². The van der Waals surface area contributed by atoms with E-state index in [-0.39, 0.29) is 35.9 Å². The van der Waals surface area contributed by atoms with Gasteiger partial charge in [0.05, 0.1) is 12.7 Å². The number of amides is 2. The van der Waals surface area contributed by atoms with Crippen molar-refractivity contribution in [2.24, 2.45) is 0 Å². The Bertz CT molecular complexity index is 544. The van der Waals surface area contributed by atoms with E-state index in [0.29, 0.717) is 0 Å². The number of carbonyl (C=O) groups is 1. The molecule has 4 nitrogen and oxygen atoms in total. The molecule has 1 fully saturated rings. The lowest BCUT2D eigenvalue weighted by molar-refractivity contribution is 0.00947. The summed E-state index contributed by atoms with van der Waals surface area (Å²) in [6, 6.07) is 3.75. The van der Waals surface area contributed by atoms with Crippen molar-refractivity contribution in [2.45, 2.75) is 70.7 Å². The molecule has 0 radical (unpaired) electrons. The number of ether oxygens (including phenoxy) is 1. The maximum atomic E-state index is 13.6. The van der Waals surface area contributed by atoms with Gasteiger partial charge in [-0.1, -0.05) is 6.07 Å². The molecule has 1 saturated carbocycles. The molecule has 134 valence electrons. The molecule has 0 atom stereocenters. The van der Waals surface area contributed by atoms with E-state index in [1.807, 2.05) is 20.8 Å². The first-order chi connectivity index (χ1) is 11.2. The third-order valence-electron chi connectivity index (χ3n) is 4.02. The molecule has 0 saturated heterocycles. The van der Waals surface area contributed by atoms with E-state index in [0.717, 1.165) is 25.7 Å². The van der Waals surface area contributed by atoms with Gasteiger partial charge in [-0.15, -0.1) is 0 Å². The average molecular weight is 340 g/mol. The average Bonchev–Trinajstić information content (AvgIpc) is 2.46. The van der Waals surface area contributed by atoms with Crippen LogP contribution in [0.3, 0.4) is 0 Å². The zero-order valence-electron chi connectivity index (χ0n) is 14.5. The topological polar surface area (TPSA) is 50.4 Å². The number of carbonyl (C=O) groups excluding carboxylic acids is 1. The Morgan fingerprint density at radius 1 is 1.17 bits per heavy atom. The van der Waals surface area contributed by atoms with E-state index >= 15 is 0 Å². The third kappa shape index (κ3) is 5.74. The first kappa shape index (κ1) is 18.6. The Kier molecular flexibility index (Phi) is 6.15. The molecule has 2 N–H and O–H groups in total. The number of hydrogen-bond donors (Lipinski definition) is 2. The van der Waals surface area contributed by atoms with Crippen molar-refractivity contribution in [3.8, 4) is 0 Å². The lowest BCUT2D eigenvalue weighted by Gasteiger charge is -2.30. The van der Waals surface area contributed by atoms with Crippen LogP contribution < -0.4 is 10.6 Å². The van der Waals surface area contributed by atoms with Gasteiger partial charge in [-0.05, 0) is 58.6 Å². The maximum absolute atomic E-state index is 13.6. The van der Waals surface area contributed by atoms with Crippen molar-refractivity contribution in [3.05, 3.63) is 35.4 Å². The third-order valence-corrected chi connectivity index (χ3v) is 4.02. The Labute approximate surface area is 142 Å². The van der Waals surface area contributed by atoms with E-state index < -0.39 is 11.6 Å². The van der Waals surface area contributed by atoms with Gasteiger partial charge in [0.1, 0.15) is 11.6 Å². The second-order valence-electron chi connectivity index (χ2n) is 7.33. The molecule has 1 aromatic carbocycles. The molecule has 0 bridgehead atoms. The first-order valence-corrected chi connectivity index (χ1v) is 8.38. The summed E-state index contributed by atoms with van der Waals surface area (Å²) in [6.07, 6.45) is 3.07. The molecular weight excluding hydrogens is 314 g/mol. The highest BCUT2D eigenvalue weighted by Crippen LogP contribution is 2.23. The van der Waals surface area contributed by atoms with Crippen LogP contribution in [0.15, 0.2) is 18.2 Å². The van der Waals surface area contributed by atoms with E-state index in [9.17, 15) is 13.6 Å². The lowest BCUT2D eigenvalue weighted by Crippen LogP contribution is -2.50. The zero-order valence-corrected chi connectivity index (χ0v) is 14.5. The number of rotatable bonds is 4. The fourth-order valence-corrected chi connectivity index (χ4v) is 2.81. The molecule has 1 aliphatic carbocycles. The van der Waals surface area contributed by atoms with E-state index in [1.165, 1.54) is 18.2 Å². The van der Waals surface area contributed by atoms with Crippen LogP contribution in [-0.4, -0.2) is 23.7 Å². The van der Waals surface area contributed by atoms with Crippen LogP contribution in [0.5, 0.6) is 0 Å². The maximum Gasteiger partial charge on any atom is 0.315 e. The van der Waals surface area contributed by atoms with Crippen LogP contribution in [0.25, 0.3) is 0 Å². The predicted molar refractivity (Wildman–Crippen MR) is 88.6 cm³/mol. The van der Waals surface area contributed by atoms with Gasteiger partial charge < -0.3 is 15.4 Å². The largest absolute Gasteiger partial charge is 0.373 e. The normalized spacial score (nSPS) is 21.4. The van der Waals surface area contributed by atoms with Crippen molar-refractivity contribution in [1.82, 2.24) is 10.6 Å². The van der Waals surface area contributed by atoms with Gasteiger partial charge >= 0.3 is 6.03 Å². The molecule has 0 unspecified atom stereocenters. The zero-order chi connectivity index (χ0) is 17.7. The minimum atomic E-state index is -0.579. The van der Waals surface area contributed by atoms with Gasteiger partial charge in [-0.3, -0.25) is 0 Å². The van der Waals surface area contributed by atoms with Crippen LogP contribution in [0.2, 0.25) is 0 Å². The number of halogens is 2. The summed E-state index contributed by atoms with van der Waals surface area (Å²) in [6.45, 7) is 5.73. The van der Waals surface area contributed by atoms with Gasteiger partial charge in [0, 0.05) is 17.1 Å². The summed E-state index contributed by atoms with van der Waals surface area (Å²) in [5, 5.41) is 5.83. The van der Waals surface area contributed by atoms with E-state index in [1.54, 1.807) is 0 Å². The Morgan fingerprint density at radius 3 is 2.29 bits per heavy atom. The van der Waals surface area contributed by atoms with E-state index in [2.05, 4.69) is 10.6 Å². The summed E-state index contributed by atoms with van der Waals surface area (Å²) < 4.78 is 32.8. The molecule has 0 aliphatic heterocycles. The standard InChI is InChI=1S/C18H26F2N2O2/c1-18(2,3)22-17(23)21-12-7-9-13(10-8-12)24-11-14-15(19)5-4-6-16(14)20/h4-6,12-13H,7-11H2,1-3H3,(H2,21,22,23). The molecule has 2 rings (SSSR count). The van der Waals surface area contributed by atoms with Crippen molar-refractivity contribution >= 4 is 6.03 Å². The molecule has 0 aromatic heterocycles. The molecule has 1 aliphatic rings. The molecule has 0 spiro atoms. The Hall–Kier alpha value is -1.69. The highest BCUT2D eigenvalue weighted by atomic mass is 19.1. The van der Waals surface area contributed by atoms with Crippen molar-refractivity contribution in [2.75, 3.05) is 0 Å². The Balaban J connectivity index is 1.74. The van der Waals surface area contributed by atoms with Crippen LogP contribution in [0, 0.1) is 11.6 Å². The summed E-state index contributed by atoms with van der Waals surface area (Å²) in [4.78, 5) is 11.9. The van der Waals surface area contributed by atoms with Crippen LogP contribution >= 0.6 is 0 Å². The van der Waals surface area contributed by atoms with Crippen LogP contribution in [0.4, 0.5) is 13.6 Å². The van der Waals surface area contributed by atoms with Crippen LogP contribution in [0.1, 0.15) is 52.0 Å². The van der Waals surface area contributed by atoms with E-state index in [4.69, 9.17) is 4.74 Å². The quantitative estimate of drug-likeness (QED) is 0.874. The monoisotopic (exact) mass is 340 g/mol.